The molecule has 0 fully saturated rings. The minimum Gasteiger partial charge on any atom is -0.339 e. The van der Waals surface area contributed by atoms with E-state index in [1.54, 1.807) is 12.1 Å². The Balaban J connectivity index is 1.71. The Morgan fingerprint density at radius 3 is 2.44 bits per heavy atom. The smallest absolute Gasteiger partial charge is 0.276 e. The molecule has 0 spiro atoms. The summed E-state index contributed by atoms with van der Waals surface area (Å²) in [4.78, 5) is 12.4. The molecule has 0 atom stereocenters. The molecule has 1 heterocycles. The van der Waals surface area contributed by atoms with E-state index < -0.39 is 0 Å². The average molecular weight is 332 g/mol. The normalized spacial score (nSPS) is 10.4. The van der Waals surface area contributed by atoms with Gasteiger partial charge in [-0.15, -0.1) is 10.2 Å². The van der Waals surface area contributed by atoms with Crippen molar-refractivity contribution in [1.29, 1.82) is 0 Å². The Hall–Kier alpha value is -3.21. The van der Waals surface area contributed by atoms with Gasteiger partial charge >= 0.3 is 0 Å². The first-order chi connectivity index (χ1) is 12.0. The maximum absolute atomic E-state index is 12.4. The molecule has 126 valence electrons. The van der Waals surface area contributed by atoms with Crippen LogP contribution in [0.4, 0.5) is 17.2 Å². The fraction of sp³-hybridized carbons (Fsp3) is 0.150. The van der Waals surface area contributed by atoms with Crippen molar-refractivity contribution in [3.8, 4) is 0 Å². The summed E-state index contributed by atoms with van der Waals surface area (Å²) in [5, 5.41) is 14.2. The second kappa shape index (κ2) is 7.13. The molecule has 0 bridgehead atoms. The lowest BCUT2D eigenvalue weighted by Crippen LogP contribution is -2.15. The van der Waals surface area contributed by atoms with Gasteiger partial charge in [0.15, 0.2) is 11.5 Å². The summed E-state index contributed by atoms with van der Waals surface area (Å²) >= 11 is 0. The number of carbonyl (C=O) groups is 1. The molecule has 25 heavy (non-hydrogen) atoms. The minimum absolute atomic E-state index is 0.274. The zero-order valence-electron chi connectivity index (χ0n) is 14.5. The van der Waals surface area contributed by atoms with Crippen molar-refractivity contribution < 1.29 is 4.79 Å². The highest BCUT2D eigenvalue weighted by atomic mass is 16.1. The Bertz CT molecular complexity index is 904. The second-order valence-electron chi connectivity index (χ2n) is 6.00. The van der Waals surface area contributed by atoms with Gasteiger partial charge in [0.2, 0.25) is 0 Å². The molecular weight excluding hydrogens is 312 g/mol. The van der Waals surface area contributed by atoms with E-state index >= 15 is 0 Å². The molecule has 0 aliphatic rings. The number of nitrogens with zero attached hydrogens (tertiary/aromatic N) is 2. The molecule has 0 unspecified atom stereocenters. The number of amides is 1. The zero-order chi connectivity index (χ0) is 17.8. The second-order valence-corrected chi connectivity index (χ2v) is 6.00. The molecule has 3 aromatic rings. The van der Waals surface area contributed by atoms with Crippen LogP contribution in [0.5, 0.6) is 0 Å². The van der Waals surface area contributed by atoms with E-state index in [2.05, 4.69) is 20.8 Å². The van der Waals surface area contributed by atoms with Gasteiger partial charge in [0, 0.05) is 11.4 Å². The van der Waals surface area contributed by atoms with E-state index in [1.807, 2.05) is 63.2 Å². The fourth-order valence-corrected chi connectivity index (χ4v) is 2.46. The number of benzene rings is 2. The molecule has 5 heteroatoms. The minimum atomic E-state index is -0.275. The summed E-state index contributed by atoms with van der Waals surface area (Å²) in [6.07, 6.45) is 0. The third-order valence-corrected chi connectivity index (χ3v) is 4.04. The van der Waals surface area contributed by atoms with Gasteiger partial charge in [-0.1, -0.05) is 24.3 Å². The quantitative estimate of drug-likeness (QED) is 0.743. The number of hydrogen-bond acceptors (Lipinski definition) is 4. The van der Waals surface area contributed by atoms with E-state index in [9.17, 15) is 4.79 Å². The van der Waals surface area contributed by atoms with Gasteiger partial charge in [-0.3, -0.25) is 4.79 Å². The first-order valence-corrected chi connectivity index (χ1v) is 8.08. The van der Waals surface area contributed by atoms with Crippen LogP contribution < -0.4 is 10.6 Å². The summed E-state index contributed by atoms with van der Waals surface area (Å²) in [5.74, 6) is 0.317. The largest absolute Gasteiger partial charge is 0.339 e. The summed E-state index contributed by atoms with van der Waals surface area (Å²) in [5.41, 5.74) is 5.32. The number of aryl methyl sites for hydroxylation is 2. The van der Waals surface area contributed by atoms with Crippen LogP contribution in [0.15, 0.2) is 54.6 Å². The third-order valence-electron chi connectivity index (χ3n) is 4.04. The zero-order valence-corrected chi connectivity index (χ0v) is 14.5. The van der Waals surface area contributed by atoms with Crippen molar-refractivity contribution in [2.45, 2.75) is 20.8 Å². The Morgan fingerprint density at radius 2 is 1.72 bits per heavy atom. The van der Waals surface area contributed by atoms with Crippen molar-refractivity contribution in [2.24, 2.45) is 0 Å². The molecule has 0 aliphatic carbocycles. The number of anilines is 3. The van der Waals surface area contributed by atoms with Crippen molar-refractivity contribution in [2.75, 3.05) is 10.6 Å². The first-order valence-electron chi connectivity index (χ1n) is 8.08. The highest BCUT2D eigenvalue weighted by molar-refractivity contribution is 6.03. The number of carbonyl (C=O) groups excluding carboxylic acids is 1. The molecule has 1 aromatic heterocycles. The lowest BCUT2D eigenvalue weighted by atomic mass is 10.1. The van der Waals surface area contributed by atoms with Crippen molar-refractivity contribution >= 4 is 23.1 Å². The monoisotopic (exact) mass is 332 g/mol. The molecule has 0 saturated carbocycles. The highest BCUT2D eigenvalue weighted by Gasteiger charge is 2.11. The van der Waals surface area contributed by atoms with Crippen LogP contribution in [0.2, 0.25) is 0 Å². The van der Waals surface area contributed by atoms with Gasteiger partial charge in [-0.25, -0.2) is 0 Å². The maximum Gasteiger partial charge on any atom is 0.276 e. The topological polar surface area (TPSA) is 66.9 Å². The molecular formula is C20H20N4O. The molecule has 2 N–H and O–H groups in total. The number of hydrogen-bond donors (Lipinski definition) is 2. The van der Waals surface area contributed by atoms with Gasteiger partial charge in [-0.2, -0.15) is 0 Å². The SMILES string of the molecule is Cc1cccc(Nc2ccc(C(=O)Nc3cccc(C)c3C)nn2)c1. The summed E-state index contributed by atoms with van der Waals surface area (Å²) < 4.78 is 0. The van der Waals surface area contributed by atoms with Crippen LogP contribution in [-0.2, 0) is 0 Å². The molecule has 2 aromatic carbocycles. The van der Waals surface area contributed by atoms with Gasteiger partial charge in [0.25, 0.3) is 5.91 Å². The average Bonchev–Trinajstić information content (AvgIpc) is 2.59. The van der Waals surface area contributed by atoms with Crippen molar-refractivity contribution in [1.82, 2.24) is 10.2 Å². The molecule has 1 amide bonds. The summed E-state index contributed by atoms with van der Waals surface area (Å²) in [6.45, 7) is 6.01. The van der Waals surface area contributed by atoms with Crippen LogP contribution in [0.25, 0.3) is 0 Å². The highest BCUT2D eigenvalue weighted by Crippen LogP contribution is 2.19. The molecule has 0 aliphatic heterocycles. The Labute approximate surface area is 147 Å². The predicted octanol–water partition coefficient (Wildman–Crippen LogP) is 4.40. The standard InChI is InChI=1S/C20H20N4O/c1-13-6-4-8-16(12-13)21-19-11-10-18(23-24-19)20(25)22-17-9-5-7-14(2)15(17)3/h4-12H,1-3H3,(H,21,24)(H,22,25). The number of rotatable bonds is 4. The Morgan fingerprint density at radius 1 is 0.920 bits per heavy atom. The lowest BCUT2D eigenvalue weighted by Gasteiger charge is -2.10. The van der Waals surface area contributed by atoms with Crippen LogP contribution in [0, 0.1) is 20.8 Å². The Kier molecular flexibility index (Phi) is 4.75. The van der Waals surface area contributed by atoms with E-state index in [0.717, 1.165) is 28.1 Å². The van der Waals surface area contributed by atoms with E-state index in [0.29, 0.717) is 5.82 Å². The predicted molar refractivity (Wildman–Crippen MR) is 100 cm³/mol. The van der Waals surface area contributed by atoms with Crippen LogP contribution in [-0.4, -0.2) is 16.1 Å². The lowest BCUT2D eigenvalue weighted by molar-refractivity contribution is 0.102. The molecule has 5 nitrogen and oxygen atoms in total. The maximum atomic E-state index is 12.4. The van der Waals surface area contributed by atoms with Crippen molar-refractivity contribution in [3.05, 3.63) is 77.0 Å². The van der Waals surface area contributed by atoms with Gasteiger partial charge in [-0.05, 0) is 67.8 Å². The summed E-state index contributed by atoms with van der Waals surface area (Å²) in [6, 6.07) is 17.2. The van der Waals surface area contributed by atoms with Crippen molar-refractivity contribution in [3.63, 3.8) is 0 Å². The first kappa shape index (κ1) is 16.6. The van der Waals surface area contributed by atoms with Crippen LogP contribution >= 0.6 is 0 Å². The van der Waals surface area contributed by atoms with E-state index in [1.165, 1.54) is 0 Å². The van der Waals surface area contributed by atoms with Gasteiger partial charge in [0.05, 0.1) is 0 Å². The number of aromatic nitrogens is 2. The molecule has 3 rings (SSSR count). The van der Waals surface area contributed by atoms with Gasteiger partial charge < -0.3 is 10.6 Å². The number of nitrogens with one attached hydrogen (secondary N) is 2. The van der Waals surface area contributed by atoms with E-state index in [-0.39, 0.29) is 11.6 Å². The van der Waals surface area contributed by atoms with Gasteiger partial charge in [0.1, 0.15) is 0 Å². The summed E-state index contributed by atoms with van der Waals surface area (Å²) in [7, 11) is 0. The molecule has 0 saturated heterocycles. The third kappa shape index (κ3) is 4.01. The van der Waals surface area contributed by atoms with E-state index in [4.69, 9.17) is 0 Å². The fourth-order valence-electron chi connectivity index (χ4n) is 2.46. The van der Waals surface area contributed by atoms with Crippen LogP contribution in [0.3, 0.4) is 0 Å². The molecule has 0 radical (unpaired) electrons. The van der Waals surface area contributed by atoms with Crippen LogP contribution in [0.1, 0.15) is 27.2 Å².